The number of anilines is 2. The van der Waals surface area contributed by atoms with E-state index in [9.17, 15) is 4.79 Å². The van der Waals surface area contributed by atoms with Crippen molar-refractivity contribution in [1.29, 1.82) is 0 Å². The molecule has 2 unspecified atom stereocenters. The summed E-state index contributed by atoms with van der Waals surface area (Å²) in [5.41, 5.74) is 11.1. The molecule has 0 aromatic heterocycles. The zero-order chi connectivity index (χ0) is 26.9. The van der Waals surface area contributed by atoms with Crippen LogP contribution in [0.15, 0.2) is 64.7 Å². The Balaban J connectivity index is 1.83. The second-order valence-electron chi connectivity index (χ2n) is 10.5. The van der Waals surface area contributed by atoms with Crippen LogP contribution in [-0.2, 0) is 4.79 Å². The molecule has 37 heavy (non-hydrogen) atoms. The molecule has 202 valence electrons. The summed E-state index contributed by atoms with van der Waals surface area (Å²) in [4.78, 5) is 22.7. The van der Waals surface area contributed by atoms with Gasteiger partial charge in [0.1, 0.15) is 0 Å². The summed E-state index contributed by atoms with van der Waals surface area (Å²) in [7, 11) is 2.07. The molecule has 1 saturated carbocycles. The van der Waals surface area contributed by atoms with Gasteiger partial charge in [0.2, 0.25) is 0 Å². The van der Waals surface area contributed by atoms with Crippen LogP contribution in [0.5, 0.6) is 0 Å². The number of likely N-dealkylation sites (N-methyl/N-ethyl adjacent to an activating group) is 1. The molecule has 0 spiro atoms. The van der Waals surface area contributed by atoms with Crippen LogP contribution in [0.2, 0.25) is 0 Å². The van der Waals surface area contributed by atoms with Crippen molar-refractivity contribution in [2.75, 3.05) is 43.4 Å². The lowest BCUT2D eigenvalue weighted by Crippen LogP contribution is -2.34. The van der Waals surface area contributed by atoms with E-state index in [1.54, 1.807) is 6.21 Å². The van der Waals surface area contributed by atoms with Gasteiger partial charge in [-0.25, -0.2) is 0 Å². The van der Waals surface area contributed by atoms with Crippen LogP contribution in [0.4, 0.5) is 11.4 Å². The zero-order valence-electron chi connectivity index (χ0n) is 23.4. The molecule has 0 bridgehead atoms. The summed E-state index contributed by atoms with van der Waals surface area (Å²) in [5.74, 6) is 1.30. The molecule has 1 aliphatic heterocycles. The van der Waals surface area contributed by atoms with E-state index in [0.717, 1.165) is 60.3 Å². The van der Waals surface area contributed by atoms with Crippen molar-refractivity contribution in [3.8, 4) is 0 Å². The molecule has 3 rings (SSSR count). The van der Waals surface area contributed by atoms with Crippen molar-refractivity contribution in [1.82, 2.24) is 10.2 Å². The average Bonchev–Trinajstić information content (AvgIpc) is 3.73. The number of amides is 1. The van der Waals surface area contributed by atoms with Crippen LogP contribution in [0.1, 0.15) is 53.4 Å². The average molecular weight is 507 g/mol. The van der Waals surface area contributed by atoms with Gasteiger partial charge in [0.05, 0.1) is 5.57 Å². The fourth-order valence-corrected chi connectivity index (χ4v) is 4.38. The third-order valence-electron chi connectivity index (χ3n) is 7.48. The minimum Gasteiger partial charge on any atom is -0.400 e. The van der Waals surface area contributed by atoms with Crippen molar-refractivity contribution in [2.45, 2.75) is 53.4 Å². The van der Waals surface area contributed by atoms with Crippen molar-refractivity contribution >= 4 is 23.5 Å². The van der Waals surface area contributed by atoms with Crippen molar-refractivity contribution in [3.05, 3.63) is 59.7 Å². The number of carbonyl (C=O) groups is 1. The van der Waals surface area contributed by atoms with E-state index in [2.05, 4.69) is 61.8 Å². The highest BCUT2D eigenvalue weighted by Gasteiger charge is 2.30. The maximum atomic E-state index is 14.0. The SMILES string of the molecule is C=C(/N=C\C1=C(C(C)CC)N(C)CCN(c2cccc(N/C=C(\N)CNCC3CC3)c2)C1=O)C(C)CC. The Bertz CT molecular complexity index is 1040. The largest absolute Gasteiger partial charge is 0.400 e. The second kappa shape index (κ2) is 13.5. The molecule has 0 saturated heterocycles. The summed E-state index contributed by atoms with van der Waals surface area (Å²) >= 11 is 0. The third-order valence-corrected chi connectivity index (χ3v) is 7.48. The number of benzene rings is 1. The van der Waals surface area contributed by atoms with Gasteiger partial charge in [-0.1, -0.05) is 40.3 Å². The van der Waals surface area contributed by atoms with Crippen molar-refractivity contribution < 1.29 is 4.79 Å². The van der Waals surface area contributed by atoms with E-state index in [1.807, 2.05) is 35.4 Å². The van der Waals surface area contributed by atoms with Crippen molar-refractivity contribution in [2.24, 2.45) is 28.5 Å². The molecular weight excluding hydrogens is 460 g/mol. The quantitative estimate of drug-likeness (QED) is 0.324. The lowest BCUT2D eigenvalue weighted by atomic mass is 9.98. The third kappa shape index (κ3) is 7.96. The number of hydrogen-bond donors (Lipinski definition) is 3. The number of nitrogens with two attached hydrogens (primary N) is 1. The van der Waals surface area contributed by atoms with E-state index in [-0.39, 0.29) is 17.7 Å². The van der Waals surface area contributed by atoms with Crippen LogP contribution in [0.3, 0.4) is 0 Å². The van der Waals surface area contributed by atoms with Gasteiger partial charge in [0.15, 0.2) is 0 Å². The molecule has 1 aromatic rings. The number of nitrogens with zero attached hydrogens (tertiary/aromatic N) is 3. The summed E-state index contributed by atoms with van der Waals surface area (Å²) in [5, 5.41) is 6.70. The molecule has 1 aliphatic carbocycles. The monoisotopic (exact) mass is 506 g/mol. The van der Waals surface area contributed by atoms with Gasteiger partial charge in [-0.3, -0.25) is 9.79 Å². The summed E-state index contributed by atoms with van der Waals surface area (Å²) in [6, 6.07) is 7.93. The number of allylic oxidation sites excluding steroid dienone is 2. The smallest absolute Gasteiger partial charge is 0.261 e. The van der Waals surface area contributed by atoms with Crippen LogP contribution in [-0.4, -0.2) is 50.2 Å². The van der Waals surface area contributed by atoms with Crippen LogP contribution in [0.25, 0.3) is 0 Å². The topological polar surface area (TPSA) is 86.0 Å². The normalized spacial score (nSPS) is 18.8. The van der Waals surface area contributed by atoms with E-state index in [1.165, 1.54) is 12.8 Å². The lowest BCUT2D eigenvalue weighted by Gasteiger charge is -2.26. The lowest BCUT2D eigenvalue weighted by molar-refractivity contribution is -0.114. The van der Waals surface area contributed by atoms with Gasteiger partial charge < -0.3 is 26.2 Å². The summed E-state index contributed by atoms with van der Waals surface area (Å²) in [6.07, 6.45) is 8.12. The van der Waals surface area contributed by atoms with Gasteiger partial charge in [-0.05, 0) is 68.2 Å². The molecule has 2 aliphatic rings. The van der Waals surface area contributed by atoms with E-state index < -0.39 is 0 Å². The Morgan fingerprint density at radius 2 is 2.00 bits per heavy atom. The van der Waals surface area contributed by atoms with Gasteiger partial charge >= 0.3 is 0 Å². The Morgan fingerprint density at radius 1 is 1.24 bits per heavy atom. The highest BCUT2D eigenvalue weighted by atomic mass is 16.2. The van der Waals surface area contributed by atoms with Gasteiger partial charge in [-0.15, -0.1) is 0 Å². The Hall–Kier alpha value is -3.06. The predicted octanol–water partition coefficient (Wildman–Crippen LogP) is 5.11. The first kappa shape index (κ1) is 28.5. The Kier molecular flexibility index (Phi) is 10.4. The predicted molar refractivity (Wildman–Crippen MR) is 156 cm³/mol. The standard InChI is InChI=1S/C30H46N6O/c1-7-21(3)23(5)33-20-28-29(22(4)8-2)35(6)14-15-36(30(28)37)27-11-9-10-26(16-27)34-19-25(31)18-32-17-24-12-13-24/h9-11,16,19-22,24,32,34H,5,7-8,12-15,17-18,31H2,1-4,6H3/b25-19-,33-20-. The maximum Gasteiger partial charge on any atom is 0.261 e. The fraction of sp³-hybridized carbons (Fsp3) is 0.533. The molecule has 1 amide bonds. The Labute approximate surface area is 223 Å². The molecule has 7 heteroatoms. The minimum absolute atomic E-state index is 0.0307. The van der Waals surface area contributed by atoms with Crippen LogP contribution in [0, 0.1) is 17.8 Å². The number of nitrogens with one attached hydrogen (secondary N) is 2. The van der Waals surface area contributed by atoms with Crippen LogP contribution >= 0.6 is 0 Å². The molecule has 1 fully saturated rings. The van der Waals surface area contributed by atoms with E-state index in [4.69, 9.17) is 5.73 Å². The fourth-order valence-electron chi connectivity index (χ4n) is 4.38. The first-order chi connectivity index (χ1) is 17.7. The highest BCUT2D eigenvalue weighted by Crippen LogP contribution is 2.29. The first-order valence-corrected chi connectivity index (χ1v) is 13.8. The van der Waals surface area contributed by atoms with Gasteiger partial charge in [-0.2, -0.15) is 0 Å². The molecule has 0 radical (unpaired) electrons. The van der Waals surface area contributed by atoms with E-state index >= 15 is 0 Å². The number of aliphatic imine (C=N–C) groups is 1. The van der Waals surface area contributed by atoms with E-state index in [0.29, 0.717) is 18.7 Å². The minimum atomic E-state index is -0.0307. The number of hydrogen-bond acceptors (Lipinski definition) is 6. The second-order valence-corrected chi connectivity index (χ2v) is 10.5. The van der Waals surface area contributed by atoms with Crippen LogP contribution < -0.4 is 21.3 Å². The molecule has 2 atom stereocenters. The highest BCUT2D eigenvalue weighted by molar-refractivity contribution is 6.19. The zero-order valence-corrected chi connectivity index (χ0v) is 23.4. The molecular formula is C30H46N6O. The first-order valence-electron chi connectivity index (χ1n) is 13.8. The number of carbonyl (C=O) groups excluding carboxylic acids is 1. The maximum absolute atomic E-state index is 14.0. The van der Waals surface area contributed by atoms with Gasteiger partial charge in [0.25, 0.3) is 5.91 Å². The van der Waals surface area contributed by atoms with Gasteiger partial charge in [0, 0.05) is 67.6 Å². The summed E-state index contributed by atoms with van der Waals surface area (Å²) < 4.78 is 0. The molecule has 7 nitrogen and oxygen atoms in total. The molecule has 1 aromatic carbocycles. The number of rotatable bonds is 13. The van der Waals surface area contributed by atoms with Crippen molar-refractivity contribution in [3.63, 3.8) is 0 Å². The Morgan fingerprint density at radius 3 is 2.68 bits per heavy atom. The molecule has 1 heterocycles. The molecule has 4 N–H and O–H groups in total. The summed E-state index contributed by atoms with van der Waals surface area (Å²) in [6.45, 7) is 15.7.